The van der Waals surface area contributed by atoms with Gasteiger partial charge in [0.25, 0.3) is 0 Å². The van der Waals surface area contributed by atoms with Crippen molar-refractivity contribution >= 4 is 11.0 Å². The Morgan fingerprint density at radius 2 is 2.21 bits per heavy atom. The van der Waals surface area contributed by atoms with Crippen LogP contribution in [0, 0.1) is 0 Å². The first-order valence-corrected chi connectivity index (χ1v) is 4.37. The first kappa shape index (κ1) is 7.32. The van der Waals surface area contributed by atoms with Crippen molar-refractivity contribution in [2.75, 3.05) is 0 Å². The van der Waals surface area contributed by atoms with Crippen molar-refractivity contribution in [3.05, 3.63) is 43.0 Å². The molecule has 0 fully saturated rings. The zero-order chi connectivity index (χ0) is 9.38. The molecule has 0 aromatic carbocycles. The van der Waals surface area contributed by atoms with Crippen molar-refractivity contribution in [3.63, 3.8) is 0 Å². The molecule has 3 aromatic rings. The Kier molecular flexibility index (Phi) is 1.41. The van der Waals surface area contributed by atoms with E-state index < -0.39 is 0 Å². The van der Waals surface area contributed by atoms with E-state index in [0.717, 1.165) is 16.7 Å². The Bertz CT molecular complexity index is 550. The molecule has 0 saturated carbocycles. The topological polar surface area (TPSA) is 46.5 Å². The highest BCUT2D eigenvalue weighted by molar-refractivity contribution is 5.83. The highest BCUT2D eigenvalue weighted by atomic mass is 15.3. The Morgan fingerprint density at radius 1 is 1.21 bits per heavy atom. The van der Waals surface area contributed by atoms with E-state index in [2.05, 4.69) is 15.1 Å². The van der Waals surface area contributed by atoms with Crippen LogP contribution >= 0.6 is 0 Å². The van der Waals surface area contributed by atoms with Crippen LogP contribution in [0.5, 0.6) is 0 Å². The molecule has 0 radical (unpaired) electrons. The van der Waals surface area contributed by atoms with Gasteiger partial charge in [-0.25, -0.2) is 4.68 Å². The second-order valence-corrected chi connectivity index (χ2v) is 3.02. The van der Waals surface area contributed by atoms with E-state index >= 15 is 0 Å². The van der Waals surface area contributed by atoms with Crippen LogP contribution in [0.3, 0.4) is 0 Å². The zero-order valence-electron chi connectivity index (χ0n) is 7.38. The lowest BCUT2D eigenvalue weighted by Gasteiger charge is -2.01. The van der Waals surface area contributed by atoms with Gasteiger partial charge in [0, 0.05) is 24.8 Å². The van der Waals surface area contributed by atoms with Gasteiger partial charge < -0.3 is 4.98 Å². The molecule has 0 amide bonds. The first-order chi connectivity index (χ1) is 6.95. The molecule has 0 bridgehead atoms. The third-order valence-electron chi connectivity index (χ3n) is 2.18. The SMILES string of the molecule is c1cnn(-c2ccnc3cc[nH]c23)c1. The Balaban J connectivity index is 2.36. The molecule has 0 spiro atoms. The summed E-state index contributed by atoms with van der Waals surface area (Å²) in [5.74, 6) is 0. The van der Waals surface area contributed by atoms with Crippen molar-refractivity contribution in [2.45, 2.75) is 0 Å². The number of hydrogen-bond acceptors (Lipinski definition) is 2. The van der Waals surface area contributed by atoms with Crippen LogP contribution in [0.4, 0.5) is 0 Å². The molecule has 3 aromatic heterocycles. The summed E-state index contributed by atoms with van der Waals surface area (Å²) in [7, 11) is 0. The van der Waals surface area contributed by atoms with Gasteiger partial charge in [0.15, 0.2) is 0 Å². The van der Waals surface area contributed by atoms with E-state index in [1.165, 1.54) is 0 Å². The summed E-state index contributed by atoms with van der Waals surface area (Å²) in [6, 6.07) is 5.78. The molecule has 3 rings (SSSR count). The average Bonchev–Trinajstić information content (AvgIpc) is 2.88. The molecule has 0 saturated heterocycles. The minimum absolute atomic E-state index is 0.956. The van der Waals surface area contributed by atoms with Crippen LogP contribution in [0.2, 0.25) is 0 Å². The standard InChI is InChI=1S/C10H8N4/c1-4-13-14(7-1)9-3-6-11-8-2-5-12-10(8)9/h1-7,12H. The van der Waals surface area contributed by atoms with Gasteiger partial charge in [-0.3, -0.25) is 4.98 Å². The molecule has 4 nitrogen and oxygen atoms in total. The smallest absolute Gasteiger partial charge is 0.0917 e. The number of H-pyrrole nitrogens is 1. The van der Waals surface area contributed by atoms with Gasteiger partial charge in [-0.15, -0.1) is 0 Å². The van der Waals surface area contributed by atoms with Gasteiger partial charge in [-0.2, -0.15) is 5.10 Å². The van der Waals surface area contributed by atoms with Gasteiger partial charge >= 0.3 is 0 Å². The minimum Gasteiger partial charge on any atom is -0.358 e. The van der Waals surface area contributed by atoms with E-state index in [4.69, 9.17) is 0 Å². The summed E-state index contributed by atoms with van der Waals surface area (Å²) >= 11 is 0. The normalized spacial score (nSPS) is 10.9. The molecule has 4 heteroatoms. The molecule has 0 aliphatic rings. The lowest BCUT2D eigenvalue weighted by Crippen LogP contribution is -1.95. The molecular formula is C10H8N4. The lowest BCUT2D eigenvalue weighted by molar-refractivity contribution is 0.884. The number of hydrogen-bond donors (Lipinski definition) is 1. The van der Waals surface area contributed by atoms with Gasteiger partial charge in [0.1, 0.15) is 0 Å². The third-order valence-corrected chi connectivity index (χ3v) is 2.18. The fraction of sp³-hybridized carbons (Fsp3) is 0. The summed E-state index contributed by atoms with van der Waals surface area (Å²) in [5, 5.41) is 4.19. The third kappa shape index (κ3) is 0.939. The van der Waals surface area contributed by atoms with Crippen molar-refractivity contribution in [3.8, 4) is 5.69 Å². The average molecular weight is 184 g/mol. The van der Waals surface area contributed by atoms with Gasteiger partial charge in [-0.1, -0.05) is 0 Å². The number of rotatable bonds is 1. The van der Waals surface area contributed by atoms with Crippen LogP contribution < -0.4 is 0 Å². The number of aromatic nitrogens is 4. The van der Waals surface area contributed by atoms with Crippen LogP contribution in [0.15, 0.2) is 43.0 Å². The second-order valence-electron chi connectivity index (χ2n) is 3.02. The molecule has 3 heterocycles. The molecule has 68 valence electrons. The summed E-state index contributed by atoms with van der Waals surface area (Å²) in [6.45, 7) is 0. The van der Waals surface area contributed by atoms with E-state index in [0.29, 0.717) is 0 Å². The van der Waals surface area contributed by atoms with Crippen molar-refractivity contribution in [1.82, 2.24) is 19.7 Å². The highest BCUT2D eigenvalue weighted by Crippen LogP contribution is 2.17. The maximum absolute atomic E-state index is 4.24. The van der Waals surface area contributed by atoms with Gasteiger partial charge in [0.05, 0.1) is 16.7 Å². The van der Waals surface area contributed by atoms with E-state index in [-0.39, 0.29) is 0 Å². The summed E-state index contributed by atoms with van der Waals surface area (Å²) < 4.78 is 1.82. The van der Waals surface area contributed by atoms with E-state index in [1.54, 1.807) is 12.4 Å². The quantitative estimate of drug-likeness (QED) is 0.626. The lowest BCUT2D eigenvalue weighted by atomic mass is 10.3. The molecule has 0 aliphatic carbocycles. The van der Waals surface area contributed by atoms with Crippen molar-refractivity contribution < 1.29 is 0 Å². The fourth-order valence-electron chi connectivity index (χ4n) is 1.55. The summed E-state index contributed by atoms with van der Waals surface area (Å²) in [4.78, 5) is 7.39. The molecular weight excluding hydrogens is 176 g/mol. The Labute approximate surface area is 80.2 Å². The van der Waals surface area contributed by atoms with Crippen LogP contribution in [0.25, 0.3) is 16.7 Å². The monoisotopic (exact) mass is 184 g/mol. The second kappa shape index (κ2) is 2.70. The van der Waals surface area contributed by atoms with Crippen LogP contribution in [0.1, 0.15) is 0 Å². The van der Waals surface area contributed by atoms with E-state index in [1.807, 2.05) is 35.3 Å². The summed E-state index contributed by atoms with van der Waals surface area (Å²) in [5.41, 5.74) is 2.99. The predicted octanol–water partition coefficient (Wildman–Crippen LogP) is 1.75. The van der Waals surface area contributed by atoms with E-state index in [9.17, 15) is 0 Å². The number of fused-ring (bicyclic) bond motifs is 1. The number of pyridine rings is 1. The Hall–Kier alpha value is -2.10. The Morgan fingerprint density at radius 3 is 3.07 bits per heavy atom. The number of aromatic amines is 1. The van der Waals surface area contributed by atoms with Gasteiger partial charge in [0.2, 0.25) is 0 Å². The molecule has 1 N–H and O–H groups in total. The molecule has 0 unspecified atom stereocenters. The molecule has 14 heavy (non-hydrogen) atoms. The molecule has 0 atom stereocenters. The highest BCUT2D eigenvalue weighted by Gasteiger charge is 2.03. The maximum atomic E-state index is 4.24. The number of nitrogens with one attached hydrogen (secondary N) is 1. The first-order valence-electron chi connectivity index (χ1n) is 4.37. The minimum atomic E-state index is 0.956. The molecule has 0 aliphatic heterocycles. The summed E-state index contributed by atoms with van der Waals surface area (Å²) in [6.07, 6.45) is 7.34. The maximum Gasteiger partial charge on any atom is 0.0917 e. The van der Waals surface area contributed by atoms with Crippen molar-refractivity contribution in [1.29, 1.82) is 0 Å². The van der Waals surface area contributed by atoms with Crippen molar-refractivity contribution in [2.24, 2.45) is 0 Å². The largest absolute Gasteiger partial charge is 0.358 e. The predicted molar refractivity (Wildman–Crippen MR) is 53.2 cm³/mol. The number of nitrogens with zero attached hydrogens (tertiary/aromatic N) is 3. The van der Waals surface area contributed by atoms with Crippen LogP contribution in [-0.4, -0.2) is 19.7 Å². The van der Waals surface area contributed by atoms with Crippen LogP contribution in [-0.2, 0) is 0 Å². The fourth-order valence-corrected chi connectivity index (χ4v) is 1.55. The zero-order valence-corrected chi connectivity index (χ0v) is 7.38. The van der Waals surface area contributed by atoms with Gasteiger partial charge in [-0.05, 0) is 18.2 Å².